The summed E-state index contributed by atoms with van der Waals surface area (Å²) in [4.78, 5) is 55.7. The van der Waals surface area contributed by atoms with Crippen LogP contribution in [0.1, 0.15) is 35.1 Å². The highest BCUT2D eigenvalue weighted by Crippen LogP contribution is 2.61. The summed E-state index contributed by atoms with van der Waals surface area (Å²) in [7, 11) is 0. The van der Waals surface area contributed by atoms with E-state index in [1.165, 1.54) is 12.1 Å². The van der Waals surface area contributed by atoms with Gasteiger partial charge in [-0.1, -0.05) is 23.8 Å². The maximum Gasteiger partial charge on any atom is 0.271 e. The molecule has 0 radical (unpaired) electrons. The number of amides is 3. The quantitative estimate of drug-likeness (QED) is 0.419. The molecule has 34 heavy (non-hydrogen) atoms. The number of nitrogens with one attached hydrogen (secondary N) is 1. The van der Waals surface area contributed by atoms with E-state index in [2.05, 4.69) is 10.2 Å². The van der Waals surface area contributed by atoms with Gasteiger partial charge in [0.05, 0.1) is 22.4 Å². The first-order valence-corrected chi connectivity index (χ1v) is 11.5. The number of imide groups is 1. The lowest BCUT2D eigenvalue weighted by molar-refractivity contribution is -0.384. The highest BCUT2D eigenvalue weighted by molar-refractivity contribution is 6.26. The normalized spacial score (nSPS) is 29.6. The number of aryl methyl sites for hydroxylation is 3. The molecule has 0 unspecified atom stereocenters. The van der Waals surface area contributed by atoms with Crippen LogP contribution in [0, 0.1) is 42.7 Å². The average Bonchev–Trinajstić information content (AvgIpc) is 3.48. The smallest absolute Gasteiger partial charge is 0.271 e. The fourth-order valence-electron chi connectivity index (χ4n) is 6.85. The van der Waals surface area contributed by atoms with E-state index in [4.69, 9.17) is 0 Å². The van der Waals surface area contributed by atoms with Crippen LogP contribution in [0.15, 0.2) is 30.3 Å². The van der Waals surface area contributed by atoms with E-state index in [9.17, 15) is 24.5 Å². The highest BCUT2D eigenvalue weighted by Gasteiger charge is 2.74. The molecule has 174 valence electrons. The van der Waals surface area contributed by atoms with Gasteiger partial charge in [-0.05, 0) is 51.3 Å². The molecule has 3 amide bonds. The first-order valence-electron chi connectivity index (χ1n) is 11.5. The van der Waals surface area contributed by atoms with Crippen LogP contribution in [0.25, 0.3) is 0 Å². The monoisotopic (exact) mass is 460 g/mol. The van der Waals surface area contributed by atoms with Crippen molar-refractivity contribution in [3.63, 3.8) is 0 Å². The number of non-ortho nitro benzene ring substituents is 1. The van der Waals surface area contributed by atoms with Gasteiger partial charge in [0.25, 0.3) is 5.69 Å². The van der Waals surface area contributed by atoms with Crippen molar-refractivity contribution in [2.75, 3.05) is 16.8 Å². The van der Waals surface area contributed by atoms with Crippen molar-refractivity contribution in [2.45, 2.75) is 45.2 Å². The number of rotatable bonds is 2. The molecule has 3 fully saturated rings. The molecule has 0 bridgehead atoms. The van der Waals surface area contributed by atoms with Crippen LogP contribution in [0.3, 0.4) is 0 Å². The maximum absolute atomic E-state index is 14.1. The lowest BCUT2D eigenvalue weighted by Gasteiger charge is -2.37. The summed E-state index contributed by atoms with van der Waals surface area (Å²) in [6.45, 7) is 6.24. The van der Waals surface area contributed by atoms with E-state index >= 15 is 0 Å². The number of nitro benzene ring substituents is 1. The molecule has 0 saturated carbocycles. The molecule has 1 spiro atoms. The van der Waals surface area contributed by atoms with Crippen molar-refractivity contribution < 1.29 is 19.3 Å². The van der Waals surface area contributed by atoms with Gasteiger partial charge in [-0.3, -0.25) is 29.4 Å². The van der Waals surface area contributed by atoms with Crippen LogP contribution in [-0.2, 0) is 19.9 Å². The van der Waals surface area contributed by atoms with Crippen LogP contribution in [0.4, 0.5) is 17.1 Å². The third-order valence-electron chi connectivity index (χ3n) is 8.09. The molecule has 4 atom stereocenters. The standard InChI is InChI=1S/C25H24N4O5/c1-12-9-14(3)21-16(10-12)25(24(32)26-21)20-19(17-5-4-8-27(17)25)22(30)28(23(20)31)18-11-15(29(33)34)7-6-13(18)2/h6-7,9-11,17,19-20H,4-5,8H2,1-3H3,(H,26,32)/t17-,19-,20-,25+/m0/s1. The van der Waals surface area contributed by atoms with E-state index in [0.717, 1.165) is 34.4 Å². The molecule has 2 aromatic rings. The van der Waals surface area contributed by atoms with Crippen molar-refractivity contribution in [2.24, 2.45) is 11.8 Å². The van der Waals surface area contributed by atoms with Crippen molar-refractivity contribution in [1.82, 2.24) is 4.90 Å². The number of anilines is 2. The van der Waals surface area contributed by atoms with E-state index < -0.39 is 28.2 Å². The van der Waals surface area contributed by atoms with Crippen molar-refractivity contribution >= 4 is 34.8 Å². The molecule has 0 aliphatic carbocycles. The number of benzene rings is 2. The van der Waals surface area contributed by atoms with Gasteiger partial charge < -0.3 is 5.32 Å². The Bertz CT molecular complexity index is 1340. The molecule has 4 heterocycles. The summed E-state index contributed by atoms with van der Waals surface area (Å²) in [5, 5.41) is 14.4. The fourth-order valence-corrected chi connectivity index (χ4v) is 6.85. The number of carbonyl (C=O) groups is 3. The second kappa shape index (κ2) is 6.73. The summed E-state index contributed by atoms with van der Waals surface area (Å²) in [6.07, 6.45) is 1.55. The average molecular weight is 460 g/mol. The largest absolute Gasteiger partial charge is 0.324 e. The Morgan fingerprint density at radius 2 is 1.82 bits per heavy atom. The summed E-state index contributed by atoms with van der Waals surface area (Å²) < 4.78 is 0. The molecular weight excluding hydrogens is 436 g/mol. The van der Waals surface area contributed by atoms with Gasteiger partial charge in [0, 0.05) is 29.4 Å². The van der Waals surface area contributed by atoms with Crippen molar-refractivity contribution in [1.29, 1.82) is 0 Å². The predicted octanol–water partition coefficient (Wildman–Crippen LogP) is 2.95. The topological polar surface area (TPSA) is 113 Å². The second-order valence-electron chi connectivity index (χ2n) is 9.87. The van der Waals surface area contributed by atoms with Gasteiger partial charge >= 0.3 is 0 Å². The molecule has 1 N–H and O–H groups in total. The Morgan fingerprint density at radius 3 is 2.56 bits per heavy atom. The summed E-state index contributed by atoms with van der Waals surface area (Å²) in [5.41, 5.74) is 2.74. The summed E-state index contributed by atoms with van der Waals surface area (Å²) in [6, 6.07) is 7.90. The van der Waals surface area contributed by atoms with Crippen LogP contribution < -0.4 is 10.2 Å². The van der Waals surface area contributed by atoms with Gasteiger partial charge in [-0.25, -0.2) is 4.90 Å². The number of carbonyl (C=O) groups excluding carboxylic acids is 3. The fraction of sp³-hybridized carbons (Fsp3) is 0.400. The third kappa shape index (κ3) is 2.34. The van der Waals surface area contributed by atoms with Crippen LogP contribution >= 0.6 is 0 Å². The summed E-state index contributed by atoms with van der Waals surface area (Å²) in [5.74, 6) is -2.67. The minimum absolute atomic E-state index is 0.189. The van der Waals surface area contributed by atoms with Gasteiger partial charge in [0.1, 0.15) is 5.54 Å². The van der Waals surface area contributed by atoms with E-state index in [1.54, 1.807) is 13.0 Å². The van der Waals surface area contributed by atoms with E-state index in [-0.39, 0.29) is 29.2 Å². The lowest BCUT2D eigenvalue weighted by atomic mass is 9.75. The van der Waals surface area contributed by atoms with Crippen LogP contribution in [0.2, 0.25) is 0 Å². The molecule has 4 aliphatic heterocycles. The molecule has 9 nitrogen and oxygen atoms in total. The lowest BCUT2D eigenvalue weighted by Crippen LogP contribution is -2.54. The molecule has 9 heteroatoms. The number of nitro groups is 1. The molecule has 2 aromatic carbocycles. The number of nitrogens with zero attached hydrogens (tertiary/aromatic N) is 3. The zero-order valence-electron chi connectivity index (χ0n) is 19.1. The molecule has 3 saturated heterocycles. The number of hydrogen-bond donors (Lipinski definition) is 1. The second-order valence-corrected chi connectivity index (χ2v) is 9.87. The summed E-state index contributed by atoms with van der Waals surface area (Å²) >= 11 is 0. The minimum Gasteiger partial charge on any atom is -0.324 e. The number of hydrogen-bond acceptors (Lipinski definition) is 6. The Morgan fingerprint density at radius 1 is 1.06 bits per heavy atom. The van der Waals surface area contributed by atoms with Gasteiger partial charge in [0.2, 0.25) is 17.7 Å². The molecule has 6 rings (SSSR count). The molecular formula is C25H24N4O5. The Labute approximate surface area is 195 Å². The Hall–Kier alpha value is -3.59. The van der Waals surface area contributed by atoms with E-state index in [0.29, 0.717) is 17.8 Å². The van der Waals surface area contributed by atoms with Crippen LogP contribution in [0.5, 0.6) is 0 Å². The Kier molecular flexibility index (Phi) is 4.15. The first-order chi connectivity index (χ1) is 16.2. The van der Waals surface area contributed by atoms with E-state index in [1.807, 2.05) is 26.0 Å². The van der Waals surface area contributed by atoms with Gasteiger partial charge in [-0.15, -0.1) is 0 Å². The zero-order chi connectivity index (χ0) is 24.1. The van der Waals surface area contributed by atoms with Crippen molar-refractivity contribution in [3.8, 4) is 0 Å². The first kappa shape index (κ1) is 21.0. The SMILES string of the molecule is Cc1cc(C)c2c(c1)[C@]1(C(=O)N2)[C@@H]2C(=O)N(c3cc([N+](=O)[O-])ccc3C)C(=O)[C@H]2[C@@H]2CCCN21. The Balaban J connectivity index is 1.57. The van der Waals surface area contributed by atoms with Gasteiger partial charge in [0.15, 0.2) is 0 Å². The zero-order valence-corrected chi connectivity index (χ0v) is 19.1. The maximum atomic E-state index is 14.1. The minimum atomic E-state index is -1.26. The highest BCUT2D eigenvalue weighted by atomic mass is 16.6. The van der Waals surface area contributed by atoms with Crippen LogP contribution in [-0.4, -0.2) is 40.1 Å². The molecule has 4 aliphatic rings. The number of fused-ring (bicyclic) bond motifs is 7. The van der Waals surface area contributed by atoms with Crippen molar-refractivity contribution in [3.05, 3.63) is 62.7 Å². The molecule has 0 aromatic heterocycles. The third-order valence-corrected chi connectivity index (χ3v) is 8.09. The van der Waals surface area contributed by atoms with Gasteiger partial charge in [-0.2, -0.15) is 0 Å². The predicted molar refractivity (Wildman–Crippen MR) is 123 cm³/mol.